The molecule has 5 heteroatoms. The number of nitrogens with one attached hydrogen (secondary N) is 1. The van der Waals surface area contributed by atoms with Gasteiger partial charge in [-0.3, -0.25) is 4.98 Å². The van der Waals surface area contributed by atoms with Crippen LogP contribution < -0.4 is 10.1 Å². The predicted molar refractivity (Wildman–Crippen MR) is 96.0 cm³/mol. The van der Waals surface area contributed by atoms with Crippen molar-refractivity contribution < 1.29 is 14.6 Å². The Morgan fingerprint density at radius 2 is 1.84 bits per heavy atom. The molecule has 2 heterocycles. The van der Waals surface area contributed by atoms with Crippen LogP contribution in [-0.4, -0.2) is 23.2 Å². The van der Waals surface area contributed by atoms with Crippen molar-refractivity contribution in [2.45, 2.75) is 19.8 Å². The largest absolute Gasteiger partial charge is 0.497 e. The number of aliphatic carboxylic acids is 1. The Kier molecular flexibility index (Phi) is 4.57. The van der Waals surface area contributed by atoms with Gasteiger partial charge in [-0.15, -0.1) is 0 Å². The van der Waals surface area contributed by atoms with E-state index >= 15 is 0 Å². The fourth-order valence-electron chi connectivity index (χ4n) is 3.27. The van der Waals surface area contributed by atoms with Gasteiger partial charge in [0.05, 0.1) is 18.4 Å². The van der Waals surface area contributed by atoms with Gasteiger partial charge in [0.2, 0.25) is 0 Å². The second kappa shape index (κ2) is 6.81. The molecule has 1 aromatic heterocycles. The van der Waals surface area contributed by atoms with Crippen molar-refractivity contribution in [3.8, 4) is 5.75 Å². The van der Waals surface area contributed by atoms with Crippen molar-refractivity contribution >= 4 is 11.5 Å². The highest BCUT2D eigenvalue weighted by atomic mass is 16.5. The van der Waals surface area contributed by atoms with E-state index in [-0.39, 0.29) is 0 Å². The minimum atomic E-state index is -0.938. The number of hydrogen-bond acceptors (Lipinski definition) is 4. The van der Waals surface area contributed by atoms with Crippen LogP contribution in [0.3, 0.4) is 0 Å². The van der Waals surface area contributed by atoms with E-state index in [1.165, 1.54) is 0 Å². The zero-order valence-electron chi connectivity index (χ0n) is 14.4. The van der Waals surface area contributed by atoms with E-state index in [0.29, 0.717) is 11.3 Å². The van der Waals surface area contributed by atoms with E-state index < -0.39 is 11.9 Å². The molecule has 0 saturated carbocycles. The van der Waals surface area contributed by atoms with E-state index in [4.69, 9.17) is 4.74 Å². The molecule has 1 aliphatic heterocycles. The molecule has 5 nitrogen and oxygen atoms in total. The van der Waals surface area contributed by atoms with E-state index in [9.17, 15) is 9.90 Å². The Balaban J connectivity index is 2.20. The summed E-state index contributed by atoms with van der Waals surface area (Å²) in [6, 6.07) is 13.1. The number of hydrogen-bond donors (Lipinski definition) is 2. The number of pyridine rings is 1. The lowest BCUT2D eigenvalue weighted by molar-refractivity contribution is -0.132. The summed E-state index contributed by atoms with van der Waals surface area (Å²) in [6.07, 6.45) is 1.71. The molecule has 0 saturated heterocycles. The third-order valence-corrected chi connectivity index (χ3v) is 4.38. The number of carboxylic acids is 1. The number of carboxylic acid groups (broad SMARTS) is 1. The van der Waals surface area contributed by atoms with Crippen LogP contribution in [0.15, 0.2) is 65.6 Å². The first kappa shape index (κ1) is 16.8. The third-order valence-electron chi connectivity index (χ3n) is 4.38. The van der Waals surface area contributed by atoms with Crippen LogP contribution in [0.25, 0.3) is 5.57 Å². The molecule has 0 radical (unpaired) electrons. The molecule has 1 unspecified atom stereocenters. The zero-order chi connectivity index (χ0) is 18.0. The lowest BCUT2D eigenvalue weighted by atomic mass is 9.79. The van der Waals surface area contributed by atoms with Gasteiger partial charge < -0.3 is 15.2 Å². The van der Waals surface area contributed by atoms with Gasteiger partial charge >= 0.3 is 5.97 Å². The van der Waals surface area contributed by atoms with Crippen molar-refractivity contribution in [1.82, 2.24) is 10.3 Å². The summed E-state index contributed by atoms with van der Waals surface area (Å²) < 4.78 is 5.22. The van der Waals surface area contributed by atoms with Crippen LogP contribution in [0.1, 0.15) is 31.0 Å². The number of nitrogens with zero attached hydrogens (tertiary/aromatic N) is 1. The van der Waals surface area contributed by atoms with E-state index in [0.717, 1.165) is 28.3 Å². The number of aromatic nitrogens is 1. The molecular weight excluding hydrogens is 316 g/mol. The number of rotatable bonds is 4. The quantitative estimate of drug-likeness (QED) is 0.893. The number of dihydropyridines is 1. The molecule has 3 rings (SSSR count). The number of benzene rings is 1. The average Bonchev–Trinajstić information content (AvgIpc) is 2.61. The van der Waals surface area contributed by atoms with Crippen molar-refractivity contribution in [2.24, 2.45) is 0 Å². The fourth-order valence-corrected chi connectivity index (χ4v) is 3.27. The molecule has 1 aromatic carbocycles. The van der Waals surface area contributed by atoms with Gasteiger partial charge in [-0.25, -0.2) is 4.79 Å². The summed E-state index contributed by atoms with van der Waals surface area (Å²) in [7, 11) is 1.61. The lowest BCUT2D eigenvalue weighted by Gasteiger charge is -2.30. The zero-order valence-corrected chi connectivity index (χ0v) is 14.4. The molecule has 0 aliphatic carbocycles. The number of methoxy groups -OCH3 is 1. The minimum Gasteiger partial charge on any atom is -0.497 e. The van der Waals surface area contributed by atoms with Crippen LogP contribution in [0.5, 0.6) is 5.75 Å². The van der Waals surface area contributed by atoms with Gasteiger partial charge in [-0.1, -0.05) is 18.2 Å². The monoisotopic (exact) mass is 336 g/mol. The van der Waals surface area contributed by atoms with Crippen molar-refractivity contribution in [3.63, 3.8) is 0 Å². The highest BCUT2D eigenvalue weighted by Gasteiger charge is 2.34. The maximum atomic E-state index is 12.0. The van der Waals surface area contributed by atoms with E-state index in [1.54, 1.807) is 20.2 Å². The molecule has 128 valence electrons. The molecule has 1 aliphatic rings. The lowest BCUT2D eigenvalue weighted by Crippen LogP contribution is -2.27. The minimum absolute atomic E-state index is 0.330. The van der Waals surface area contributed by atoms with Crippen molar-refractivity contribution in [3.05, 3.63) is 76.9 Å². The molecule has 0 amide bonds. The second-order valence-electron chi connectivity index (χ2n) is 5.93. The topological polar surface area (TPSA) is 71.5 Å². The molecule has 0 bridgehead atoms. The fraction of sp³-hybridized carbons (Fsp3) is 0.200. The Hall–Kier alpha value is -3.08. The first-order valence-corrected chi connectivity index (χ1v) is 8.00. The summed E-state index contributed by atoms with van der Waals surface area (Å²) >= 11 is 0. The molecule has 0 spiro atoms. The number of ether oxygens (including phenoxy) is 1. The van der Waals surface area contributed by atoms with Gasteiger partial charge in [-0.05, 0) is 43.7 Å². The molecular formula is C20H20N2O3. The molecule has 0 fully saturated rings. The normalized spacial score (nSPS) is 17.3. The van der Waals surface area contributed by atoms with Crippen LogP contribution >= 0.6 is 0 Å². The predicted octanol–water partition coefficient (Wildman–Crippen LogP) is 3.57. The smallest absolute Gasteiger partial charge is 0.334 e. The second-order valence-corrected chi connectivity index (χ2v) is 5.93. The standard InChI is InChI=1S/C20H20N2O3/c1-12-17(16-6-4-5-11-21-16)19(18(20(23)24)13(2)22-12)14-7-9-15(25-3)10-8-14/h4-11,19,22H,1-3H3,(H,23,24). The maximum absolute atomic E-state index is 12.0. The summed E-state index contributed by atoms with van der Waals surface area (Å²) in [5.74, 6) is -0.610. The Morgan fingerprint density at radius 3 is 2.40 bits per heavy atom. The number of allylic oxidation sites excluding steroid dienone is 3. The van der Waals surface area contributed by atoms with Crippen LogP contribution in [0, 0.1) is 0 Å². The van der Waals surface area contributed by atoms with Gasteiger partial charge in [-0.2, -0.15) is 0 Å². The van der Waals surface area contributed by atoms with Gasteiger partial charge in [0, 0.05) is 29.1 Å². The van der Waals surface area contributed by atoms with Gasteiger partial charge in [0.25, 0.3) is 0 Å². The van der Waals surface area contributed by atoms with E-state index in [2.05, 4.69) is 10.3 Å². The van der Waals surface area contributed by atoms with Crippen molar-refractivity contribution in [1.29, 1.82) is 0 Å². The molecule has 1 atom stereocenters. The summed E-state index contributed by atoms with van der Waals surface area (Å²) in [4.78, 5) is 16.4. The number of carbonyl (C=O) groups is 1. The molecule has 2 aromatic rings. The van der Waals surface area contributed by atoms with Crippen LogP contribution in [-0.2, 0) is 4.79 Å². The summed E-state index contributed by atoms with van der Waals surface area (Å²) in [6.45, 7) is 3.74. The van der Waals surface area contributed by atoms with Crippen LogP contribution in [0.2, 0.25) is 0 Å². The third kappa shape index (κ3) is 3.13. The molecule has 25 heavy (non-hydrogen) atoms. The van der Waals surface area contributed by atoms with Crippen LogP contribution in [0.4, 0.5) is 0 Å². The van der Waals surface area contributed by atoms with Gasteiger partial charge in [0.15, 0.2) is 0 Å². The highest BCUT2D eigenvalue weighted by molar-refractivity contribution is 5.96. The average molecular weight is 336 g/mol. The van der Waals surface area contributed by atoms with Gasteiger partial charge in [0.1, 0.15) is 5.75 Å². The summed E-state index contributed by atoms with van der Waals surface area (Å²) in [5, 5.41) is 13.0. The van der Waals surface area contributed by atoms with E-state index in [1.807, 2.05) is 49.4 Å². The molecule has 2 N–H and O–H groups in total. The first-order valence-electron chi connectivity index (χ1n) is 8.00. The highest BCUT2D eigenvalue weighted by Crippen LogP contribution is 2.42. The maximum Gasteiger partial charge on any atom is 0.334 e. The Bertz CT molecular complexity index is 852. The Morgan fingerprint density at radius 1 is 1.12 bits per heavy atom. The first-order chi connectivity index (χ1) is 12.0. The summed E-state index contributed by atoms with van der Waals surface area (Å²) in [5.41, 5.74) is 4.40. The Labute approximate surface area is 146 Å². The SMILES string of the molecule is COc1ccc(C2C(C(=O)O)=C(C)NC(C)=C2c2ccccn2)cc1. The van der Waals surface area contributed by atoms with Crippen molar-refractivity contribution in [2.75, 3.05) is 7.11 Å².